The van der Waals surface area contributed by atoms with E-state index in [1.165, 1.54) is 29.5 Å². The number of unbranched alkanes of at least 4 members (excludes halogenated alkanes) is 3. The van der Waals surface area contributed by atoms with E-state index in [1.807, 2.05) is 0 Å². The van der Waals surface area contributed by atoms with Crippen molar-refractivity contribution in [2.24, 2.45) is 0 Å². The Morgan fingerprint density at radius 1 is 1.33 bits per heavy atom. The maximum absolute atomic E-state index is 11.6. The molecule has 1 heterocycles. The number of amides is 2. The van der Waals surface area contributed by atoms with Crippen LogP contribution in [0.1, 0.15) is 43.0 Å². The van der Waals surface area contributed by atoms with Crippen molar-refractivity contribution < 1.29 is 14.7 Å². The number of carboxylic acids is 1. The number of thioether (sulfide) groups is 1. The Bertz CT molecular complexity index is 489. The van der Waals surface area contributed by atoms with Gasteiger partial charge in [-0.15, -0.1) is 11.8 Å². The number of nitrogens with one attached hydrogen (secondary N) is 1. The topological polar surface area (TPSA) is 82.5 Å². The summed E-state index contributed by atoms with van der Waals surface area (Å²) in [5.74, 6) is -0.223. The molecule has 1 aromatic rings. The van der Waals surface area contributed by atoms with Crippen molar-refractivity contribution in [3.63, 3.8) is 0 Å². The van der Waals surface area contributed by atoms with E-state index in [-0.39, 0.29) is 16.6 Å². The van der Waals surface area contributed by atoms with Crippen molar-refractivity contribution in [2.45, 2.75) is 37.6 Å². The molecule has 118 valence electrons. The molecular formula is C13H21N3O3S2. The molecule has 0 aliphatic heterocycles. The Kier molecular flexibility index (Phi) is 7.52. The van der Waals surface area contributed by atoms with Crippen molar-refractivity contribution in [1.29, 1.82) is 0 Å². The lowest BCUT2D eigenvalue weighted by atomic mass is 10.2. The number of aromatic carboxylic acids is 1. The van der Waals surface area contributed by atoms with Crippen LogP contribution in [-0.2, 0) is 0 Å². The minimum Gasteiger partial charge on any atom is -0.477 e. The summed E-state index contributed by atoms with van der Waals surface area (Å²) >= 11 is 2.44. The third kappa shape index (κ3) is 5.55. The number of hydrogen-bond donors (Lipinski definition) is 2. The molecule has 0 unspecified atom stereocenters. The Morgan fingerprint density at radius 3 is 2.62 bits per heavy atom. The predicted octanol–water partition coefficient (Wildman–Crippen LogP) is 3.61. The fourth-order valence-corrected chi connectivity index (χ4v) is 3.49. The molecule has 0 spiro atoms. The van der Waals surface area contributed by atoms with Crippen LogP contribution >= 0.6 is 23.3 Å². The first-order valence-electron chi connectivity index (χ1n) is 6.81. The van der Waals surface area contributed by atoms with E-state index in [0.717, 1.165) is 30.1 Å². The number of carbonyl (C=O) groups excluding carboxylic acids is 1. The second kappa shape index (κ2) is 8.89. The SMILES string of the molecule is CCCCCCSc1nsc(NC(=O)N(C)C)c1C(=O)O. The van der Waals surface area contributed by atoms with Crippen molar-refractivity contribution in [1.82, 2.24) is 9.27 Å². The first-order chi connectivity index (χ1) is 9.97. The largest absolute Gasteiger partial charge is 0.477 e. The molecule has 0 bridgehead atoms. The third-order valence-electron chi connectivity index (χ3n) is 2.74. The molecule has 1 aromatic heterocycles. The molecule has 0 saturated carbocycles. The number of carboxylic acid groups (broad SMARTS) is 1. The number of carbonyl (C=O) groups is 2. The highest BCUT2D eigenvalue weighted by Crippen LogP contribution is 2.32. The van der Waals surface area contributed by atoms with Gasteiger partial charge < -0.3 is 10.0 Å². The van der Waals surface area contributed by atoms with E-state index in [2.05, 4.69) is 16.6 Å². The number of anilines is 1. The highest BCUT2D eigenvalue weighted by atomic mass is 32.2. The fraction of sp³-hybridized carbons (Fsp3) is 0.615. The Labute approximate surface area is 133 Å². The molecule has 0 atom stereocenters. The van der Waals surface area contributed by atoms with Crippen LogP contribution in [0.25, 0.3) is 0 Å². The number of rotatable bonds is 8. The molecule has 21 heavy (non-hydrogen) atoms. The molecule has 1 rings (SSSR count). The highest BCUT2D eigenvalue weighted by Gasteiger charge is 2.22. The van der Waals surface area contributed by atoms with Crippen molar-refractivity contribution in [2.75, 3.05) is 25.2 Å². The summed E-state index contributed by atoms with van der Waals surface area (Å²) in [4.78, 5) is 24.4. The molecule has 0 saturated heterocycles. The number of urea groups is 1. The molecular weight excluding hydrogens is 310 g/mol. The molecule has 2 amide bonds. The lowest BCUT2D eigenvalue weighted by Gasteiger charge is -2.10. The van der Waals surface area contributed by atoms with E-state index in [4.69, 9.17) is 0 Å². The van der Waals surface area contributed by atoms with E-state index >= 15 is 0 Å². The van der Waals surface area contributed by atoms with Gasteiger partial charge in [0.2, 0.25) is 0 Å². The minimum atomic E-state index is -1.06. The molecule has 0 aromatic carbocycles. The van der Waals surface area contributed by atoms with E-state index in [0.29, 0.717) is 5.03 Å². The Balaban J connectivity index is 2.70. The van der Waals surface area contributed by atoms with E-state index in [9.17, 15) is 14.7 Å². The first kappa shape index (κ1) is 17.8. The smallest absolute Gasteiger partial charge is 0.341 e. The van der Waals surface area contributed by atoms with Gasteiger partial charge in [-0.2, -0.15) is 4.37 Å². The Morgan fingerprint density at radius 2 is 2.05 bits per heavy atom. The van der Waals surface area contributed by atoms with Gasteiger partial charge in [0.1, 0.15) is 15.6 Å². The minimum absolute atomic E-state index is 0.0932. The van der Waals surface area contributed by atoms with E-state index < -0.39 is 5.97 Å². The van der Waals surface area contributed by atoms with Crippen molar-refractivity contribution >= 4 is 40.3 Å². The van der Waals surface area contributed by atoms with Crippen molar-refractivity contribution in [3.05, 3.63) is 5.56 Å². The summed E-state index contributed by atoms with van der Waals surface area (Å²) in [6.07, 6.45) is 4.53. The third-order valence-corrected chi connectivity index (χ3v) is 4.68. The lowest BCUT2D eigenvalue weighted by Crippen LogP contribution is -2.27. The zero-order chi connectivity index (χ0) is 15.8. The molecule has 0 fully saturated rings. The van der Waals surface area contributed by atoms with Crippen LogP contribution < -0.4 is 5.32 Å². The van der Waals surface area contributed by atoms with Crippen LogP contribution in [0.5, 0.6) is 0 Å². The number of nitrogens with zero attached hydrogens (tertiary/aromatic N) is 2. The second-order valence-corrected chi connectivity index (χ2v) is 6.59. The van der Waals surface area contributed by atoms with Crippen LogP contribution in [0.3, 0.4) is 0 Å². The van der Waals surface area contributed by atoms with Crippen LogP contribution in [-0.4, -0.2) is 46.2 Å². The highest BCUT2D eigenvalue weighted by molar-refractivity contribution is 7.99. The van der Waals surface area contributed by atoms with Crippen LogP contribution in [0, 0.1) is 0 Å². The van der Waals surface area contributed by atoms with Gasteiger partial charge in [0.25, 0.3) is 0 Å². The predicted molar refractivity (Wildman–Crippen MR) is 86.6 cm³/mol. The number of hydrogen-bond acceptors (Lipinski definition) is 5. The van der Waals surface area contributed by atoms with Gasteiger partial charge in [0.15, 0.2) is 0 Å². The average Bonchev–Trinajstić information content (AvgIpc) is 2.81. The summed E-state index contributed by atoms with van der Waals surface area (Å²) < 4.78 is 4.16. The Hall–Kier alpha value is -1.28. The van der Waals surface area contributed by atoms with Gasteiger partial charge in [0.05, 0.1) is 0 Å². The van der Waals surface area contributed by atoms with Gasteiger partial charge in [-0.25, -0.2) is 9.59 Å². The molecule has 8 heteroatoms. The first-order valence-corrected chi connectivity index (χ1v) is 8.57. The molecule has 2 N–H and O–H groups in total. The fourth-order valence-electron chi connectivity index (χ4n) is 1.55. The standard InChI is InChI=1S/C13H21N3O3S2/c1-4-5-6-7-8-20-11-9(12(17)18)10(21-15-11)14-13(19)16(2)3/h4-8H2,1-3H3,(H,14,19)(H,17,18). The van der Waals surface area contributed by atoms with Gasteiger partial charge in [-0.1, -0.05) is 26.2 Å². The molecule has 6 nitrogen and oxygen atoms in total. The zero-order valence-electron chi connectivity index (χ0n) is 12.5. The lowest BCUT2D eigenvalue weighted by molar-refractivity contribution is 0.0694. The summed E-state index contributed by atoms with van der Waals surface area (Å²) in [5.41, 5.74) is 0.0932. The molecule has 0 aliphatic rings. The van der Waals surface area contributed by atoms with Crippen LogP contribution in [0.2, 0.25) is 0 Å². The van der Waals surface area contributed by atoms with Crippen LogP contribution in [0.15, 0.2) is 5.03 Å². The van der Waals surface area contributed by atoms with Gasteiger partial charge >= 0.3 is 12.0 Å². The van der Waals surface area contributed by atoms with Gasteiger partial charge in [-0.05, 0) is 23.7 Å². The average molecular weight is 331 g/mol. The zero-order valence-corrected chi connectivity index (χ0v) is 14.1. The molecule has 0 aliphatic carbocycles. The summed E-state index contributed by atoms with van der Waals surface area (Å²) in [6, 6.07) is -0.361. The maximum atomic E-state index is 11.6. The van der Waals surface area contributed by atoms with Gasteiger partial charge in [-0.3, -0.25) is 5.32 Å². The normalized spacial score (nSPS) is 10.4. The van der Waals surface area contributed by atoms with Crippen molar-refractivity contribution in [3.8, 4) is 0 Å². The number of aromatic nitrogens is 1. The van der Waals surface area contributed by atoms with Gasteiger partial charge in [0, 0.05) is 14.1 Å². The summed E-state index contributed by atoms with van der Waals surface area (Å²) in [7, 11) is 3.19. The van der Waals surface area contributed by atoms with E-state index in [1.54, 1.807) is 14.1 Å². The summed E-state index contributed by atoms with van der Waals surface area (Å²) in [5, 5.41) is 12.7. The summed E-state index contributed by atoms with van der Waals surface area (Å²) in [6.45, 7) is 2.15. The second-order valence-electron chi connectivity index (χ2n) is 4.73. The monoisotopic (exact) mass is 331 g/mol. The quantitative estimate of drug-likeness (QED) is 0.562. The maximum Gasteiger partial charge on any atom is 0.341 e. The molecule has 0 radical (unpaired) electrons. The van der Waals surface area contributed by atoms with Crippen LogP contribution in [0.4, 0.5) is 9.80 Å².